The maximum atomic E-state index is 13.9. The van der Waals surface area contributed by atoms with Gasteiger partial charge in [-0.1, -0.05) is 25.0 Å². The molecule has 0 N–H and O–H groups in total. The van der Waals surface area contributed by atoms with Crippen LogP contribution in [0.15, 0.2) is 35.1 Å². The highest BCUT2D eigenvalue weighted by Gasteiger charge is 2.44. The summed E-state index contributed by atoms with van der Waals surface area (Å²) in [5.74, 6) is 0.708. The van der Waals surface area contributed by atoms with Crippen LogP contribution in [0, 0.1) is 5.92 Å². The van der Waals surface area contributed by atoms with Crippen LogP contribution < -0.4 is 15.2 Å². The molecule has 2 aromatic rings. The number of ether oxygens (including phenoxy) is 2. The van der Waals surface area contributed by atoms with Crippen molar-refractivity contribution in [3.05, 3.63) is 51.8 Å². The molecule has 10 heteroatoms. The molecule has 1 aromatic carbocycles. The Kier molecular flexibility index (Phi) is 7.37. The van der Waals surface area contributed by atoms with Gasteiger partial charge in [-0.15, -0.1) is 0 Å². The van der Waals surface area contributed by atoms with Crippen LogP contribution in [0.3, 0.4) is 0 Å². The minimum Gasteiger partial charge on any atom is -0.497 e. The van der Waals surface area contributed by atoms with E-state index in [4.69, 9.17) is 9.47 Å². The van der Waals surface area contributed by atoms with Gasteiger partial charge in [-0.25, -0.2) is 4.68 Å². The molecule has 1 saturated heterocycles. The van der Waals surface area contributed by atoms with E-state index in [1.807, 2.05) is 4.90 Å². The second kappa shape index (κ2) is 10.3. The lowest BCUT2D eigenvalue weighted by molar-refractivity contribution is -0.141. The molecular formula is C25H30F3N3O4. The van der Waals surface area contributed by atoms with Crippen LogP contribution in [-0.4, -0.2) is 42.1 Å². The van der Waals surface area contributed by atoms with E-state index in [0.717, 1.165) is 42.9 Å². The second-order valence-electron chi connectivity index (χ2n) is 9.25. The predicted molar refractivity (Wildman–Crippen MR) is 123 cm³/mol. The van der Waals surface area contributed by atoms with Crippen LogP contribution in [0.1, 0.15) is 56.1 Å². The fraction of sp³-hybridized carbons (Fsp3) is 0.560. The number of halogens is 3. The smallest absolute Gasteiger partial charge is 0.421 e. The number of carbonyl (C=O) groups is 1. The highest BCUT2D eigenvalue weighted by molar-refractivity contribution is 5.69. The SMILES string of the molecule is COC(=O)CC[C@@H]1C[C@@H]2CCCC[C@@H]2N1c1cc(C(F)(F)F)c(=O)n(Cc2ccc(OC)cc2)n1. The summed E-state index contributed by atoms with van der Waals surface area (Å²) in [7, 11) is 2.84. The van der Waals surface area contributed by atoms with Gasteiger partial charge in [0.2, 0.25) is 0 Å². The Morgan fingerprint density at radius 1 is 1.14 bits per heavy atom. The number of hydrogen-bond acceptors (Lipinski definition) is 6. The molecule has 0 unspecified atom stereocenters. The summed E-state index contributed by atoms with van der Waals surface area (Å²) >= 11 is 0. The van der Waals surface area contributed by atoms with Crippen LogP contribution in [0.25, 0.3) is 0 Å². The molecule has 0 amide bonds. The van der Waals surface area contributed by atoms with E-state index in [0.29, 0.717) is 23.7 Å². The molecule has 0 radical (unpaired) electrons. The van der Waals surface area contributed by atoms with Gasteiger partial charge >= 0.3 is 12.1 Å². The number of alkyl halides is 3. The van der Waals surface area contributed by atoms with Gasteiger partial charge in [-0.3, -0.25) is 9.59 Å². The quantitative estimate of drug-likeness (QED) is 0.532. The van der Waals surface area contributed by atoms with Gasteiger partial charge in [0.1, 0.15) is 11.3 Å². The van der Waals surface area contributed by atoms with E-state index in [9.17, 15) is 22.8 Å². The first-order chi connectivity index (χ1) is 16.7. The fourth-order valence-electron chi connectivity index (χ4n) is 5.43. The second-order valence-corrected chi connectivity index (χ2v) is 9.25. The number of esters is 1. The van der Waals surface area contributed by atoms with Crippen LogP contribution in [0.5, 0.6) is 5.75 Å². The third kappa shape index (κ3) is 5.46. The number of anilines is 1. The molecule has 2 aliphatic rings. The zero-order valence-electron chi connectivity index (χ0n) is 19.9. The summed E-state index contributed by atoms with van der Waals surface area (Å²) in [5, 5.41) is 4.44. The normalized spacial score (nSPS) is 22.1. The molecular weight excluding hydrogens is 463 g/mol. The summed E-state index contributed by atoms with van der Waals surface area (Å²) in [6.07, 6.45) is 0.504. The van der Waals surface area contributed by atoms with Crippen molar-refractivity contribution in [2.45, 2.75) is 69.8 Å². The van der Waals surface area contributed by atoms with Gasteiger partial charge < -0.3 is 14.4 Å². The maximum Gasteiger partial charge on any atom is 0.421 e. The van der Waals surface area contributed by atoms with Crippen LogP contribution >= 0.6 is 0 Å². The monoisotopic (exact) mass is 493 g/mol. The summed E-state index contributed by atoms with van der Waals surface area (Å²) < 4.78 is 52.6. The Morgan fingerprint density at radius 3 is 2.51 bits per heavy atom. The van der Waals surface area contributed by atoms with Crippen molar-refractivity contribution in [1.29, 1.82) is 0 Å². The molecule has 1 aromatic heterocycles. The van der Waals surface area contributed by atoms with E-state index in [-0.39, 0.29) is 36.8 Å². The van der Waals surface area contributed by atoms with Crippen molar-refractivity contribution >= 4 is 11.8 Å². The molecule has 2 fully saturated rings. The molecule has 1 aliphatic carbocycles. The first-order valence-corrected chi connectivity index (χ1v) is 11.9. The summed E-state index contributed by atoms with van der Waals surface area (Å²) in [5.41, 5.74) is -1.78. The number of aromatic nitrogens is 2. The van der Waals surface area contributed by atoms with Crippen molar-refractivity contribution in [2.24, 2.45) is 5.92 Å². The first-order valence-electron chi connectivity index (χ1n) is 11.9. The Labute approximate surface area is 201 Å². The summed E-state index contributed by atoms with van der Waals surface area (Å²) in [6, 6.07) is 7.53. The van der Waals surface area contributed by atoms with Gasteiger partial charge in [-0.2, -0.15) is 18.3 Å². The third-order valence-electron chi connectivity index (χ3n) is 7.13. The first kappa shape index (κ1) is 25.1. The number of hydrogen-bond donors (Lipinski definition) is 0. The fourth-order valence-corrected chi connectivity index (χ4v) is 5.43. The van der Waals surface area contributed by atoms with Gasteiger partial charge in [0.25, 0.3) is 5.56 Å². The van der Waals surface area contributed by atoms with Gasteiger partial charge in [0.05, 0.1) is 20.8 Å². The van der Waals surface area contributed by atoms with E-state index in [1.54, 1.807) is 24.3 Å². The molecule has 7 nitrogen and oxygen atoms in total. The van der Waals surface area contributed by atoms with Crippen LogP contribution in [0.4, 0.5) is 19.0 Å². The minimum absolute atomic E-state index is 0.0342. The lowest BCUT2D eigenvalue weighted by Gasteiger charge is -2.35. The Bertz CT molecular complexity index is 1100. The molecule has 3 atom stereocenters. The minimum atomic E-state index is -4.82. The van der Waals surface area contributed by atoms with Gasteiger partial charge in [0, 0.05) is 24.6 Å². The lowest BCUT2D eigenvalue weighted by atomic mass is 9.84. The van der Waals surface area contributed by atoms with E-state index < -0.39 is 17.3 Å². The lowest BCUT2D eigenvalue weighted by Crippen LogP contribution is -2.42. The van der Waals surface area contributed by atoms with Crippen molar-refractivity contribution in [2.75, 3.05) is 19.1 Å². The topological polar surface area (TPSA) is 73.7 Å². The third-order valence-corrected chi connectivity index (χ3v) is 7.13. The van der Waals surface area contributed by atoms with Crippen molar-refractivity contribution < 1.29 is 27.4 Å². The number of benzene rings is 1. The average molecular weight is 494 g/mol. The molecule has 35 heavy (non-hydrogen) atoms. The zero-order chi connectivity index (χ0) is 25.2. The highest BCUT2D eigenvalue weighted by Crippen LogP contribution is 2.43. The molecule has 4 rings (SSSR count). The summed E-state index contributed by atoms with van der Waals surface area (Å²) in [4.78, 5) is 26.5. The number of nitrogens with zero attached hydrogens (tertiary/aromatic N) is 3. The predicted octanol–water partition coefficient (Wildman–Crippen LogP) is 4.41. The summed E-state index contributed by atoms with van der Waals surface area (Å²) in [6.45, 7) is -0.103. The van der Waals surface area contributed by atoms with Crippen LogP contribution in [-0.2, 0) is 22.3 Å². The van der Waals surface area contributed by atoms with Crippen molar-refractivity contribution in [3.8, 4) is 5.75 Å². The average Bonchev–Trinajstić information content (AvgIpc) is 3.22. The van der Waals surface area contributed by atoms with E-state index in [1.165, 1.54) is 14.2 Å². The van der Waals surface area contributed by atoms with Gasteiger partial charge in [0.15, 0.2) is 5.82 Å². The molecule has 190 valence electrons. The number of fused-ring (bicyclic) bond motifs is 1. The van der Waals surface area contributed by atoms with E-state index >= 15 is 0 Å². The zero-order valence-corrected chi connectivity index (χ0v) is 19.9. The van der Waals surface area contributed by atoms with Crippen molar-refractivity contribution in [1.82, 2.24) is 9.78 Å². The largest absolute Gasteiger partial charge is 0.497 e. The van der Waals surface area contributed by atoms with Gasteiger partial charge in [-0.05, 0) is 49.3 Å². The number of rotatable bonds is 7. The maximum absolute atomic E-state index is 13.9. The standard InChI is InChI=1S/C25H30F3N3O4/c1-34-19-10-7-16(8-11-19)15-30-24(33)20(25(26,27)28)14-22(29-30)31-18(9-12-23(32)35-2)13-17-5-3-4-6-21(17)31/h7-8,10-11,14,17-18,21H,3-6,9,12-13,15H2,1-2H3/t17-,18+,21-/m0/s1. The van der Waals surface area contributed by atoms with E-state index in [2.05, 4.69) is 5.10 Å². The van der Waals surface area contributed by atoms with Crippen LogP contribution in [0.2, 0.25) is 0 Å². The number of carbonyl (C=O) groups excluding carboxylic acids is 1. The Morgan fingerprint density at radius 2 is 1.86 bits per heavy atom. The Balaban J connectivity index is 1.74. The molecule has 1 aliphatic heterocycles. The van der Waals surface area contributed by atoms with Crippen molar-refractivity contribution in [3.63, 3.8) is 0 Å². The Hall–Kier alpha value is -3.04. The molecule has 2 heterocycles. The molecule has 0 spiro atoms. The molecule has 0 bridgehead atoms. The molecule has 1 saturated carbocycles. The number of methoxy groups -OCH3 is 2. The highest BCUT2D eigenvalue weighted by atomic mass is 19.4.